The van der Waals surface area contributed by atoms with E-state index in [4.69, 9.17) is 4.74 Å². The number of aliphatic hydroxyl groups is 1. The van der Waals surface area contributed by atoms with Crippen LogP contribution < -0.4 is 0 Å². The molecule has 1 aliphatic carbocycles. The molecule has 15 heavy (non-hydrogen) atoms. The Morgan fingerprint density at radius 2 is 2.07 bits per heavy atom. The Kier molecular flexibility index (Phi) is 4.58. The number of hydrogen-bond acceptors (Lipinski definition) is 3. The maximum atomic E-state index is 11.7. The largest absolute Gasteiger partial charge is 0.466 e. The molecular weight excluding hydrogens is 192 g/mol. The molecule has 3 nitrogen and oxygen atoms in total. The topological polar surface area (TPSA) is 46.5 Å². The Morgan fingerprint density at radius 1 is 1.40 bits per heavy atom. The molecule has 4 unspecified atom stereocenters. The van der Waals surface area contributed by atoms with Gasteiger partial charge in [-0.15, -0.1) is 0 Å². The quantitative estimate of drug-likeness (QED) is 0.731. The van der Waals surface area contributed by atoms with E-state index in [1.54, 1.807) is 0 Å². The molecule has 0 aromatic carbocycles. The van der Waals surface area contributed by atoms with Crippen LogP contribution in [-0.4, -0.2) is 23.8 Å². The van der Waals surface area contributed by atoms with Crippen molar-refractivity contribution in [1.29, 1.82) is 0 Å². The van der Waals surface area contributed by atoms with Gasteiger partial charge in [-0.1, -0.05) is 20.3 Å². The van der Waals surface area contributed by atoms with Crippen LogP contribution in [0.4, 0.5) is 0 Å². The first-order chi connectivity index (χ1) is 7.11. The maximum absolute atomic E-state index is 11.7. The van der Waals surface area contributed by atoms with Crippen LogP contribution in [0.5, 0.6) is 0 Å². The maximum Gasteiger partial charge on any atom is 0.309 e. The zero-order valence-electron chi connectivity index (χ0n) is 9.90. The fourth-order valence-electron chi connectivity index (χ4n) is 2.70. The fraction of sp³-hybridized carbons (Fsp3) is 0.917. The minimum Gasteiger partial charge on any atom is -0.466 e. The number of rotatable bonds is 3. The normalized spacial score (nSPS) is 36.3. The predicted octanol–water partition coefficient (Wildman–Crippen LogP) is 1.98. The first-order valence-corrected chi connectivity index (χ1v) is 5.96. The molecule has 0 aromatic rings. The molecule has 1 rings (SSSR count). The van der Waals surface area contributed by atoms with E-state index in [1.165, 1.54) is 0 Å². The van der Waals surface area contributed by atoms with E-state index in [2.05, 4.69) is 13.8 Å². The van der Waals surface area contributed by atoms with E-state index >= 15 is 0 Å². The zero-order chi connectivity index (χ0) is 11.4. The third kappa shape index (κ3) is 2.71. The van der Waals surface area contributed by atoms with Crippen molar-refractivity contribution in [3.05, 3.63) is 0 Å². The summed E-state index contributed by atoms with van der Waals surface area (Å²) in [5, 5.41) is 9.82. The van der Waals surface area contributed by atoms with Gasteiger partial charge in [0.15, 0.2) is 0 Å². The molecule has 0 aliphatic heterocycles. The summed E-state index contributed by atoms with van der Waals surface area (Å²) in [5.41, 5.74) is 0. The lowest BCUT2D eigenvalue weighted by Crippen LogP contribution is -2.40. The number of esters is 1. The second kappa shape index (κ2) is 5.50. The number of aliphatic hydroxyl groups excluding tert-OH is 1. The monoisotopic (exact) mass is 214 g/mol. The summed E-state index contributed by atoms with van der Waals surface area (Å²) >= 11 is 0. The van der Waals surface area contributed by atoms with E-state index < -0.39 is 0 Å². The van der Waals surface area contributed by atoms with E-state index in [1.807, 2.05) is 6.92 Å². The predicted molar refractivity (Wildman–Crippen MR) is 58.3 cm³/mol. The van der Waals surface area contributed by atoms with Crippen molar-refractivity contribution in [1.82, 2.24) is 0 Å². The van der Waals surface area contributed by atoms with Crippen molar-refractivity contribution in [2.45, 2.75) is 46.1 Å². The van der Waals surface area contributed by atoms with Crippen LogP contribution in [0.15, 0.2) is 0 Å². The third-order valence-electron chi connectivity index (χ3n) is 3.64. The number of carbonyl (C=O) groups excluding carboxylic acids is 1. The van der Waals surface area contributed by atoms with Gasteiger partial charge in [-0.05, 0) is 31.6 Å². The number of ether oxygens (including phenoxy) is 1. The first-order valence-electron chi connectivity index (χ1n) is 5.96. The Bertz CT molecular complexity index is 215. The lowest BCUT2D eigenvalue weighted by Gasteiger charge is -2.37. The lowest BCUT2D eigenvalue weighted by atomic mass is 9.70. The van der Waals surface area contributed by atoms with Crippen molar-refractivity contribution in [3.63, 3.8) is 0 Å². The van der Waals surface area contributed by atoms with Gasteiger partial charge in [0.25, 0.3) is 0 Å². The summed E-state index contributed by atoms with van der Waals surface area (Å²) in [6.07, 6.45) is 2.18. The van der Waals surface area contributed by atoms with E-state index in [9.17, 15) is 9.90 Å². The van der Waals surface area contributed by atoms with Crippen molar-refractivity contribution in [2.75, 3.05) is 6.61 Å². The second-order valence-corrected chi connectivity index (χ2v) is 4.43. The molecule has 0 bridgehead atoms. The average Bonchev–Trinajstić information content (AvgIpc) is 2.18. The molecule has 88 valence electrons. The van der Waals surface area contributed by atoms with Gasteiger partial charge in [-0.2, -0.15) is 0 Å². The molecule has 3 heteroatoms. The first kappa shape index (κ1) is 12.5. The highest BCUT2D eigenvalue weighted by Gasteiger charge is 2.38. The highest BCUT2D eigenvalue weighted by Crippen LogP contribution is 2.37. The van der Waals surface area contributed by atoms with E-state index in [0.29, 0.717) is 6.61 Å². The van der Waals surface area contributed by atoms with Gasteiger partial charge in [0, 0.05) is 0 Å². The molecule has 0 amide bonds. The van der Waals surface area contributed by atoms with Crippen LogP contribution in [0.3, 0.4) is 0 Å². The molecule has 1 saturated carbocycles. The van der Waals surface area contributed by atoms with Gasteiger partial charge in [0.1, 0.15) is 0 Å². The minimum atomic E-state index is -0.240. The molecule has 0 radical (unpaired) electrons. The average molecular weight is 214 g/mol. The zero-order valence-corrected chi connectivity index (χ0v) is 9.90. The SMILES string of the molecule is CCOC(=O)C1CCC(O)C(CC)C1C. The summed E-state index contributed by atoms with van der Waals surface area (Å²) in [6, 6.07) is 0. The summed E-state index contributed by atoms with van der Waals surface area (Å²) in [6.45, 7) is 6.40. The Morgan fingerprint density at radius 3 is 2.60 bits per heavy atom. The Balaban J connectivity index is 2.63. The van der Waals surface area contributed by atoms with Gasteiger partial charge in [0.2, 0.25) is 0 Å². The van der Waals surface area contributed by atoms with Crippen molar-refractivity contribution in [2.24, 2.45) is 17.8 Å². The van der Waals surface area contributed by atoms with Gasteiger partial charge in [-0.3, -0.25) is 4.79 Å². The third-order valence-corrected chi connectivity index (χ3v) is 3.64. The van der Waals surface area contributed by atoms with Crippen LogP contribution in [0.1, 0.15) is 40.0 Å². The van der Waals surface area contributed by atoms with E-state index in [0.717, 1.165) is 19.3 Å². The molecule has 0 spiro atoms. The van der Waals surface area contributed by atoms with E-state index in [-0.39, 0.29) is 29.8 Å². The van der Waals surface area contributed by atoms with Gasteiger partial charge in [-0.25, -0.2) is 0 Å². The molecule has 0 saturated heterocycles. The van der Waals surface area contributed by atoms with Gasteiger partial charge >= 0.3 is 5.97 Å². The molecule has 1 aliphatic rings. The van der Waals surface area contributed by atoms with Gasteiger partial charge in [0.05, 0.1) is 18.6 Å². The second-order valence-electron chi connectivity index (χ2n) is 4.43. The highest BCUT2D eigenvalue weighted by atomic mass is 16.5. The summed E-state index contributed by atoms with van der Waals surface area (Å²) in [5.74, 6) is 0.375. The fourth-order valence-corrected chi connectivity index (χ4v) is 2.70. The lowest BCUT2D eigenvalue weighted by molar-refractivity contribution is -0.154. The Hall–Kier alpha value is -0.570. The summed E-state index contributed by atoms with van der Waals surface area (Å²) in [4.78, 5) is 11.7. The van der Waals surface area contributed by atoms with Crippen molar-refractivity contribution < 1.29 is 14.6 Å². The highest BCUT2D eigenvalue weighted by molar-refractivity contribution is 5.72. The van der Waals surface area contributed by atoms with Crippen LogP contribution in [0.2, 0.25) is 0 Å². The van der Waals surface area contributed by atoms with Crippen molar-refractivity contribution >= 4 is 5.97 Å². The smallest absolute Gasteiger partial charge is 0.309 e. The van der Waals surface area contributed by atoms with Gasteiger partial charge < -0.3 is 9.84 Å². The van der Waals surface area contributed by atoms with Crippen molar-refractivity contribution in [3.8, 4) is 0 Å². The molecule has 4 atom stereocenters. The summed E-state index contributed by atoms with van der Waals surface area (Å²) < 4.78 is 5.06. The van der Waals surface area contributed by atoms with Crippen LogP contribution in [0.25, 0.3) is 0 Å². The summed E-state index contributed by atoms with van der Waals surface area (Å²) in [7, 11) is 0. The molecule has 1 fully saturated rings. The molecule has 0 aromatic heterocycles. The van der Waals surface area contributed by atoms with Crippen LogP contribution in [0, 0.1) is 17.8 Å². The number of hydrogen-bond donors (Lipinski definition) is 1. The number of carbonyl (C=O) groups is 1. The van der Waals surface area contributed by atoms with Crippen LogP contribution >= 0.6 is 0 Å². The van der Waals surface area contributed by atoms with Crippen LogP contribution in [-0.2, 0) is 9.53 Å². The Labute approximate surface area is 91.8 Å². The molecule has 0 heterocycles. The molecule has 1 N–H and O–H groups in total. The molecular formula is C12H22O3. The standard InChI is InChI=1S/C12H22O3/c1-4-9-8(3)10(6-7-11(9)13)12(14)15-5-2/h8-11,13H,4-7H2,1-3H3. The minimum absolute atomic E-state index is 0.0155.